The normalized spacial score (nSPS) is 11.4. The molecule has 7 nitrogen and oxygen atoms in total. The van der Waals surface area contributed by atoms with Gasteiger partial charge in [-0.05, 0) is 41.7 Å². The number of anilines is 1. The summed E-state index contributed by atoms with van der Waals surface area (Å²) in [6, 6.07) is 14.7. The summed E-state index contributed by atoms with van der Waals surface area (Å²) < 4.78 is 5.35. The minimum atomic E-state index is -1.09. The van der Waals surface area contributed by atoms with Crippen molar-refractivity contribution in [2.24, 2.45) is 5.92 Å². The topological polar surface area (TPSA) is 105 Å². The molecule has 0 aliphatic rings. The fraction of sp³-hybridized carbons (Fsp3) is 0.318. The number of amides is 2. The molecule has 0 heterocycles. The Balaban J connectivity index is 1.82. The van der Waals surface area contributed by atoms with E-state index in [4.69, 9.17) is 9.84 Å². The van der Waals surface area contributed by atoms with Crippen LogP contribution in [-0.4, -0.2) is 36.5 Å². The first kappa shape index (κ1) is 21.9. The Labute approximate surface area is 170 Å². The standard InChI is InChI=1S/C22H26N2O5/c1-15(11-17-5-3-4-6-19(17)29-2)12-21(26)24-18-9-7-16(8-10-18)13-20(25)23-14-22(27)28/h3-10,15H,11-14H2,1-2H3,(H,23,25)(H,24,26)(H,27,28). The number of benzene rings is 2. The third-order valence-corrected chi connectivity index (χ3v) is 4.33. The van der Waals surface area contributed by atoms with Crippen LogP contribution in [0.1, 0.15) is 24.5 Å². The van der Waals surface area contributed by atoms with Gasteiger partial charge in [-0.25, -0.2) is 0 Å². The van der Waals surface area contributed by atoms with Gasteiger partial charge >= 0.3 is 5.97 Å². The highest BCUT2D eigenvalue weighted by atomic mass is 16.5. The average Bonchev–Trinajstić information content (AvgIpc) is 2.68. The zero-order valence-corrected chi connectivity index (χ0v) is 16.6. The van der Waals surface area contributed by atoms with Crippen molar-refractivity contribution in [3.05, 3.63) is 59.7 Å². The van der Waals surface area contributed by atoms with E-state index in [0.717, 1.165) is 23.3 Å². The van der Waals surface area contributed by atoms with Gasteiger partial charge in [-0.3, -0.25) is 14.4 Å². The predicted octanol–water partition coefficient (Wildman–Crippen LogP) is 2.65. The van der Waals surface area contributed by atoms with E-state index in [9.17, 15) is 14.4 Å². The fourth-order valence-corrected chi connectivity index (χ4v) is 2.98. The highest BCUT2D eigenvalue weighted by molar-refractivity contribution is 5.91. The molecule has 0 spiro atoms. The zero-order valence-electron chi connectivity index (χ0n) is 16.6. The van der Waals surface area contributed by atoms with E-state index in [0.29, 0.717) is 12.1 Å². The molecule has 2 aromatic rings. The number of para-hydroxylation sites is 1. The lowest BCUT2D eigenvalue weighted by Gasteiger charge is -2.14. The summed E-state index contributed by atoms with van der Waals surface area (Å²) in [5.41, 5.74) is 2.45. The van der Waals surface area contributed by atoms with Crippen LogP contribution in [0.15, 0.2) is 48.5 Å². The van der Waals surface area contributed by atoms with Crippen molar-refractivity contribution >= 4 is 23.5 Å². The van der Waals surface area contributed by atoms with Crippen molar-refractivity contribution in [1.82, 2.24) is 5.32 Å². The molecular weight excluding hydrogens is 372 g/mol. The van der Waals surface area contributed by atoms with Crippen LogP contribution in [0, 0.1) is 5.92 Å². The Kier molecular flexibility index (Phi) is 8.21. The molecule has 0 saturated carbocycles. The van der Waals surface area contributed by atoms with Crippen molar-refractivity contribution in [2.75, 3.05) is 19.0 Å². The summed E-state index contributed by atoms with van der Waals surface area (Å²) in [7, 11) is 1.63. The zero-order chi connectivity index (χ0) is 21.2. The minimum absolute atomic E-state index is 0.0808. The van der Waals surface area contributed by atoms with Gasteiger partial charge in [0.15, 0.2) is 0 Å². The number of carbonyl (C=O) groups is 3. The molecule has 0 saturated heterocycles. The Hall–Kier alpha value is -3.35. The molecule has 0 aromatic heterocycles. The predicted molar refractivity (Wildman–Crippen MR) is 110 cm³/mol. The number of carboxylic acid groups (broad SMARTS) is 1. The lowest BCUT2D eigenvalue weighted by Crippen LogP contribution is -2.30. The number of nitrogens with one attached hydrogen (secondary N) is 2. The third kappa shape index (κ3) is 7.65. The quantitative estimate of drug-likeness (QED) is 0.571. The lowest BCUT2D eigenvalue weighted by molar-refractivity contribution is -0.137. The van der Waals surface area contributed by atoms with Gasteiger partial charge < -0.3 is 20.5 Å². The molecule has 2 aromatic carbocycles. The summed E-state index contributed by atoms with van der Waals surface area (Å²) in [5.74, 6) is -0.573. The molecular formula is C22H26N2O5. The van der Waals surface area contributed by atoms with Crippen LogP contribution in [-0.2, 0) is 27.2 Å². The summed E-state index contributed by atoms with van der Waals surface area (Å²) in [6.45, 7) is 1.62. The molecule has 7 heteroatoms. The number of hydrogen-bond donors (Lipinski definition) is 3. The van der Waals surface area contributed by atoms with Crippen molar-refractivity contribution < 1.29 is 24.2 Å². The van der Waals surface area contributed by atoms with Gasteiger partial charge in [0, 0.05) is 12.1 Å². The first-order valence-corrected chi connectivity index (χ1v) is 9.36. The van der Waals surface area contributed by atoms with E-state index in [1.165, 1.54) is 0 Å². The SMILES string of the molecule is COc1ccccc1CC(C)CC(=O)Nc1ccc(CC(=O)NCC(=O)O)cc1. The number of carbonyl (C=O) groups excluding carboxylic acids is 2. The van der Waals surface area contributed by atoms with Crippen LogP contribution in [0.5, 0.6) is 5.75 Å². The average molecular weight is 398 g/mol. The van der Waals surface area contributed by atoms with Crippen molar-refractivity contribution in [1.29, 1.82) is 0 Å². The fourth-order valence-electron chi connectivity index (χ4n) is 2.98. The largest absolute Gasteiger partial charge is 0.496 e. The van der Waals surface area contributed by atoms with Gasteiger partial charge in [-0.2, -0.15) is 0 Å². The smallest absolute Gasteiger partial charge is 0.322 e. The monoisotopic (exact) mass is 398 g/mol. The second-order valence-corrected chi connectivity index (χ2v) is 6.92. The van der Waals surface area contributed by atoms with Crippen LogP contribution in [0.4, 0.5) is 5.69 Å². The molecule has 0 radical (unpaired) electrons. The summed E-state index contributed by atoms with van der Waals surface area (Å²) >= 11 is 0. The van der Waals surface area contributed by atoms with Crippen molar-refractivity contribution in [3.63, 3.8) is 0 Å². The molecule has 0 aliphatic heterocycles. The molecule has 0 bridgehead atoms. The van der Waals surface area contributed by atoms with Crippen molar-refractivity contribution in [2.45, 2.75) is 26.2 Å². The van der Waals surface area contributed by atoms with Gasteiger partial charge in [0.05, 0.1) is 13.5 Å². The van der Waals surface area contributed by atoms with Crippen LogP contribution >= 0.6 is 0 Å². The van der Waals surface area contributed by atoms with Gasteiger partial charge in [-0.15, -0.1) is 0 Å². The van der Waals surface area contributed by atoms with E-state index >= 15 is 0 Å². The first-order valence-electron chi connectivity index (χ1n) is 9.36. The molecule has 29 heavy (non-hydrogen) atoms. The molecule has 0 fully saturated rings. The highest BCUT2D eigenvalue weighted by Gasteiger charge is 2.13. The maximum absolute atomic E-state index is 12.3. The Bertz CT molecular complexity index is 849. The first-order chi connectivity index (χ1) is 13.9. The second-order valence-electron chi connectivity index (χ2n) is 6.92. The molecule has 1 unspecified atom stereocenters. The van der Waals surface area contributed by atoms with Crippen molar-refractivity contribution in [3.8, 4) is 5.75 Å². The number of hydrogen-bond acceptors (Lipinski definition) is 4. The number of rotatable bonds is 10. The molecule has 1 atom stereocenters. The van der Waals surface area contributed by atoms with Gasteiger partial charge in [-0.1, -0.05) is 37.3 Å². The third-order valence-electron chi connectivity index (χ3n) is 4.33. The summed E-state index contributed by atoms with van der Waals surface area (Å²) in [4.78, 5) is 34.4. The lowest BCUT2D eigenvalue weighted by atomic mass is 9.97. The summed E-state index contributed by atoms with van der Waals surface area (Å²) in [5, 5.41) is 13.7. The van der Waals surface area contributed by atoms with Gasteiger partial charge in [0.1, 0.15) is 12.3 Å². The number of aliphatic carboxylic acids is 1. The highest BCUT2D eigenvalue weighted by Crippen LogP contribution is 2.22. The van der Waals surface area contributed by atoms with Gasteiger partial charge in [0.25, 0.3) is 0 Å². The Morgan fingerprint density at radius 2 is 1.72 bits per heavy atom. The molecule has 3 N–H and O–H groups in total. The number of methoxy groups -OCH3 is 1. The Morgan fingerprint density at radius 1 is 1.03 bits per heavy atom. The van der Waals surface area contributed by atoms with E-state index in [1.807, 2.05) is 31.2 Å². The molecule has 2 rings (SSSR count). The maximum atomic E-state index is 12.3. The maximum Gasteiger partial charge on any atom is 0.322 e. The molecule has 2 amide bonds. The van der Waals surface area contributed by atoms with Crippen LogP contribution in [0.2, 0.25) is 0 Å². The van der Waals surface area contributed by atoms with Gasteiger partial charge in [0.2, 0.25) is 11.8 Å². The summed E-state index contributed by atoms with van der Waals surface area (Å²) in [6.07, 6.45) is 1.19. The van der Waals surface area contributed by atoms with Crippen LogP contribution < -0.4 is 15.4 Å². The number of carboxylic acids is 1. The Morgan fingerprint density at radius 3 is 2.38 bits per heavy atom. The second kappa shape index (κ2) is 10.8. The van der Waals surface area contributed by atoms with E-state index in [1.54, 1.807) is 31.4 Å². The van der Waals surface area contributed by atoms with E-state index in [2.05, 4.69) is 10.6 Å². The van der Waals surface area contributed by atoms with Crippen LogP contribution in [0.3, 0.4) is 0 Å². The van der Waals surface area contributed by atoms with Crippen LogP contribution in [0.25, 0.3) is 0 Å². The number of ether oxygens (including phenoxy) is 1. The van der Waals surface area contributed by atoms with E-state index < -0.39 is 12.5 Å². The minimum Gasteiger partial charge on any atom is -0.496 e. The molecule has 154 valence electrons. The molecule has 0 aliphatic carbocycles. The van der Waals surface area contributed by atoms with E-state index in [-0.39, 0.29) is 24.2 Å².